The molecule has 0 bridgehead atoms. The molecule has 17 heavy (non-hydrogen) atoms. The monoisotopic (exact) mass is 228 g/mol. The average molecular weight is 228 g/mol. The molecule has 1 aromatic carbocycles. The number of anilines is 1. The van der Waals surface area contributed by atoms with E-state index in [-0.39, 0.29) is 0 Å². The zero-order valence-electron chi connectivity index (χ0n) is 9.94. The molecule has 88 valence electrons. The predicted molar refractivity (Wildman–Crippen MR) is 69.7 cm³/mol. The number of para-hydroxylation sites is 1. The molecule has 1 saturated carbocycles. The van der Waals surface area contributed by atoms with Gasteiger partial charge in [-0.3, -0.25) is 4.79 Å². The van der Waals surface area contributed by atoms with Crippen molar-refractivity contribution in [1.29, 1.82) is 0 Å². The van der Waals surface area contributed by atoms with Crippen molar-refractivity contribution in [1.82, 2.24) is 4.98 Å². The Labute approximate surface area is 100 Å². The van der Waals surface area contributed by atoms with Gasteiger partial charge >= 0.3 is 0 Å². The van der Waals surface area contributed by atoms with E-state index in [9.17, 15) is 4.79 Å². The summed E-state index contributed by atoms with van der Waals surface area (Å²) in [6, 6.07) is 8.55. The standard InChI is InChI=1S/C14H16N2O/c1-16(10-5-4-6-10)14-12(9-17)11-7-2-3-8-13(11)15-14/h2-3,7-10,15H,4-6H2,1H3. The number of aromatic nitrogens is 1. The maximum Gasteiger partial charge on any atom is 0.154 e. The van der Waals surface area contributed by atoms with E-state index < -0.39 is 0 Å². The highest BCUT2D eigenvalue weighted by Gasteiger charge is 2.25. The first-order chi connectivity index (χ1) is 8.31. The van der Waals surface area contributed by atoms with Crippen molar-refractivity contribution in [2.75, 3.05) is 11.9 Å². The molecule has 0 unspecified atom stereocenters. The summed E-state index contributed by atoms with van der Waals surface area (Å²) >= 11 is 0. The second-order valence-electron chi connectivity index (χ2n) is 4.75. The lowest BCUT2D eigenvalue weighted by Gasteiger charge is -2.35. The van der Waals surface area contributed by atoms with Crippen LogP contribution in [-0.4, -0.2) is 24.4 Å². The quantitative estimate of drug-likeness (QED) is 0.820. The van der Waals surface area contributed by atoms with Gasteiger partial charge in [-0.1, -0.05) is 18.2 Å². The Morgan fingerprint density at radius 2 is 2.12 bits per heavy atom. The third kappa shape index (κ3) is 1.54. The molecule has 3 heteroatoms. The molecular weight excluding hydrogens is 212 g/mol. The van der Waals surface area contributed by atoms with Crippen LogP contribution in [0.4, 0.5) is 5.82 Å². The van der Waals surface area contributed by atoms with Gasteiger partial charge in [-0.05, 0) is 25.3 Å². The summed E-state index contributed by atoms with van der Waals surface area (Å²) in [5, 5.41) is 1.02. The second kappa shape index (κ2) is 3.91. The third-order valence-corrected chi connectivity index (χ3v) is 3.82. The van der Waals surface area contributed by atoms with E-state index in [1.54, 1.807) is 0 Å². The van der Waals surface area contributed by atoms with Gasteiger partial charge in [-0.15, -0.1) is 0 Å². The summed E-state index contributed by atoms with van der Waals surface area (Å²) in [5.41, 5.74) is 1.82. The van der Waals surface area contributed by atoms with Crippen molar-refractivity contribution in [2.24, 2.45) is 0 Å². The van der Waals surface area contributed by atoms with Crippen LogP contribution in [0.1, 0.15) is 29.6 Å². The number of hydrogen-bond acceptors (Lipinski definition) is 2. The van der Waals surface area contributed by atoms with Crippen molar-refractivity contribution in [2.45, 2.75) is 25.3 Å². The van der Waals surface area contributed by atoms with Crippen LogP contribution >= 0.6 is 0 Å². The molecule has 3 nitrogen and oxygen atoms in total. The molecule has 0 aliphatic heterocycles. The lowest BCUT2D eigenvalue weighted by Crippen LogP contribution is -2.37. The van der Waals surface area contributed by atoms with Crippen LogP contribution in [0.2, 0.25) is 0 Å². The number of carbonyl (C=O) groups excluding carboxylic acids is 1. The van der Waals surface area contributed by atoms with E-state index in [0.29, 0.717) is 6.04 Å². The first-order valence-electron chi connectivity index (χ1n) is 6.10. The van der Waals surface area contributed by atoms with Gasteiger partial charge in [0.25, 0.3) is 0 Å². The van der Waals surface area contributed by atoms with Crippen LogP contribution in [0, 0.1) is 0 Å². The molecular formula is C14H16N2O. The van der Waals surface area contributed by atoms with E-state index in [2.05, 4.69) is 16.9 Å². The largest absolute Gasteiger partial charge is 0.358 e. The molecule has 1 aromatic heterocycles. The summed E-state index contributed by atoms with van der Waals surface area (Å²) in [7, 11) is 2.07. The van der Waals surface area contributed by atoms with Crippen LogP contribution in [0.3, 0.4) is 0 Å². The summed E-state index contributed by atoms with van der Waals surface area (Å²) in [6.07, 6.45) is 4.71. The van der Waals surface area contributed by atoms with Gasteiger partial charge in [0.15, 0.2) is 6.29 Å². The number of rotatable bonds is 3. The number of nitrogens with zero attached hydrogens (tertiary/aromatic N) is 1. The fourth-order valence-corrected chi connectivity index (χ4v) is 2.50. The molecule has 0 saturated heterocycles. The maximum absolute atomic E-state index is 11.3. The Kier molecular flexibility index (Phi) is 2.39. The molecule has 3 rings (SSSR count). The van der Waals surface area contributed by atoms with Crippen molar-refractivity contribution in [3.05, 3.63) is 29.8 Å². The lowest BCUT2D eigenvalue weighted by atomic mass is 9.92. The van der Waals surface area contributed by atoms with Crippen molar-refractivity contribution >= 4 is 23.0 Å². The Morgan fingerprint density at radius 1 is 1.35 bits per heavy atom. The number of aromatic amines is 1. The van der Waals surface area contributed by atoms with Crippen LogP contribution < -0.4 is 4.90 Å². The zero-order chi connectivity index (χ0) is 11.8. The van der Waals surface area contributed by atoms with Crippen LogP contribution in [0.15, 0.2) is 24.3 Å². The highest BCUT2D eigenvalue weighted by Crippen LogP contribution is 2.32. The van der Waals surface area contributed by atoms with E-state index in [0.717, 1.165) is 28.6 Å². The van der Waals surface area contributed by atoms with Crippen molar-refractivity contribution in [3.63, 3.8) is 0 Å². The first kappa shape index (κ1) is 10.4. The highest BCUT2D eigenvalue weighted by molar-refractivity contribution is 6.03. The zero-order valence-corrected chi connectivity index (χ0v) is 9.94. The number of aldehydes is 1. The van der Waals surface area contributed by atoms with Gasteiger partial charge in [0.2, 0.25) is 0 Å². The molecule has 1 fully saturated rings. The lowest BCUT2D eigenvalue weighted by molar-refractivity contribution is 0.112. The van der Waals surface area contributed by atoms with Gasteiger partial charge in [0.1, 0.15) is 5.82 Å². The minimum absolute atomic E-state index is 0.585. The third-order valence-electron chi connectivity index (χ3n) is 3.82. The minimum atomic E-state index is 0.585. The van der Waals surface area contributed by atoms with Crippen LogP contribution in [0.5, 0.6) is 0 Å². The van der Waals surface area contributed by atoms with E-state index >= 15 is 0 Å². The number of benzene rings is 1. The molecule has 1 N–H and O–H groups in total. The summed E-state index contributed by atoms with van der Waals surface area (Å²) in [5.74, 6) is 0.964. The fraction of sp³-hybridized carbons (Fsp3) is 0.357. The molecule has 1 aliphatic carbocycles. The summed E-state index contributed by atoms with van der Waals surface area (Å²) in [4.78, 5) is 16.9. The number of carbonyl (C=O) groups is 1. The Balaban J connectivity index is 2.11. The maximum atomic E-state index is 11.3. The first-order valence-corrected chi connectivity index (χ1v) is 6.10. The number of H-pyrrole nitrogens is 1. The molecule has 1 heterocycles. The van der Waals surface area contributed by atoms with E-state index in [1.807, 2.05) is 24.3 Å². The predicted octanol–water partition coefficient (Wildman–Crippen LogP) is 2.97. The van der Waals surface area contributed by atoms with Crippen molar-refractivity contribution in [3.8, 4) is 0 Å². The number of hydrogen-bond donors (Lipinski definition) is 1. The van der Waals surface area contributed by atoms with Crippen LogP contribution in [-0.2, 0) is 0 Å². The Morgan fingerprint density at radius 3 is 2.76 bits per heavy atom. The van der Waals surface area contributed by atoms with Gasteiger partial charge in [0.05, 0.1) is 5.56 Å². The SMILES string of the molecule is CN(c1[nH]c2ccccc2c1C=O)C1CCC1. The summed E-state index contributed by atoms with van der Waals surface area (Å²) in [6.45, 7) is 0. The number of nitrogens with one attached hydrogen (secondary N) is 1. The molecule has 0 radical (unpaired) electrons. The fourth-order valence-electron chi connectivity index (χ4n) is 2.50. The van der Waals surface area contributed by atoms with E-state index in [1.165, 1.54) is 19.3 Å². The highest BCUT2D eigenvalue weighted by atomic mass is 16.1. The van der Waals surface area contributed by atoms with Crippen LogP contribution in [0.25, 0.3) is 10.9 Å². The smallest absolute Gasteiger partial charge is 0.154 e. The van der Waals surface area contributed by atoms with Gasteiger partial charge in [-0.25, -0.2) is 0 Å². The van der Waals surface area contributed by atoms with Gasteiger partial charge < -0.3 is 9.88 Å². The minimum Gasteiger partial charge on any atom is -0.358 e. The molecule has 0 amide bonds. The summed E-state index contributed by atoms with van der Waals surface area (Å²) < 4.78 is 0. The van der Waals surface area contributed by atoms with E-state index in [4.69, 9.17) is 0 Å². The van der Waals surface area contributed by atoms with Gasteiger partial charge in [-0.2, -0.15) is 0 Å². The Bertz CT molecular complexity index is 554. The molecule has 0 spiro atoms. The van der Waals surface area contributed by atoms with Gasteiger partial charge in [0, 0.05) is 24.0 Å². The molecule has 1 aliphatic rings. The number of fused-ring (bicyclic) bond motifs is 1. The topological polar surface area (TPSA) is 36.1 Å². The molecule has 0 atom stereocenters. The average Bonchev–Trinajstić information content (AvgIpc) is 2.64. The Hall–Kier alpha value is -1.77. The normalized spacial score (nSPS) is 15.8. The second-order valence-corrected chi connectivity index (χ2v) is 4.75. The molecule has 2 aromatic rings. The van der Waals surface area contributed by atoms with Crippen molar-refractivity contribution < 1.29 is 4.79 Å².